The van der Waals surface area contributed by atoms with Crippen molar-refractivity contribution in [2.45, 2.75) is 30.6 Å². The highest BCUT2D eigenvalue weighted by Crippen LogP contribution is 2.29. The summed E-state index contributed by atoms with van der Waals surface area (Å²) in [6.45, 7) is 1.57. The summed E-state index contributed by atoms with van der Waals surface area (Å²) < 4.78 is 12.4. The predicted molar refractivity (Wildman–Crippen MR) is 93.2 cm³/mol. The third-order valence-corrected chi connectivity index (χ3v) is 5.39. The number of rotatable bonds is 5. The van der Waals surface area contributed by atoms with Crippen molar-refractivity contribution in [3.8, 4) is 0 Å². The standard InChI is InChI=1S/C19H24O2Si/c22-19(13-7-8-14-21-19)15-20-18(16-9-3-1-4-10-16)17-11-5-2-6-12-17/h1-6,9-12,18H,7-8,13-15H2,22H3. The van der Waals surface area contributed by atoms with Gasteiger partial charge in [-0.25, -0.2) is 0 Å². The van der Waals surface area contributed by atoms with E-state index in [9.17, 15) is 0 Å². The smallest absolute Gasteiger partial charge is 0.108 e. The van der Waals surface area contributed by atoms with Crippen molar-refractivity contribution in [1.29, 1.82) is 0 Å². The van der Waals surface area contributed by atoms with Gasteiger partial charge in [0.2, 0.25) is 0 Å². The van der Waals surface area contributed by atoms with Crippen molar-refractivity contribution in [1.82, 2.24) is 0 Å². The number of hydrogen-bond acceptors (Lipinski definition) is 2. The first-order chi connectivity index (χ1) is 10.8. The molecule has 0 radical (unpaired) electrons. The van der Waals surface area contributed by atoms with Crippen LogP contribution in [0.4, 0.5) is 0 Å². The zero-order chi connectivity index (χ0) is 15.3. The maximum Gasteiger partial charge on any atom is 0.108 e. The summed E-state index contributed by atoms with van der Waals surface area (Å²) in [5, 5.41) is -0.0138. The van der Waals surface area contributed by atoms with Gasteiger partial charge in [-0.1, -0.05) is 60.7 Å². The van der Waals surface area contributed by atoms with E-state index in [4.69, 9.17) is 9.47 Å². The fourth-order valence-corrected chi connectivity index (χ4v) is 3.73. The average molecular weight is 312 g/mol. The fraction of sp³-hybridized carbons (Fsp3) is 0.368. The van der Waals surface area contributed by atoms with Crippen LogP contribution in [0.5, 0.6) is 0 Å². The van der Waals surface area contributed by atoms with Crippen LogP contribution in [0.3, 0.4) is 0 Å². The van der Waals surface area contributed by atoms with E-state index in [0.717, 1.165) is 23.3 Å². The summed E-state index contributed by atoms with van der Waals surface area (Å²) >= 11 is 0. The molecule has 0 aromatic heterocycles. The molecule has 2 aromatic rings. The largest absolute Gasteiger partial charge is 0.377 e. The lowest BCUT2D eigenvalue weighted by Crippen LogP contribution is -2.41. The minimum Gasteiger partial charge on any atom is -0.377 e. The van der Waals surface area contributed by atoms with Gasteiger partial charge in [0.25, 0.3) is 0 Å². The lowest BCUT2D eigenvalue weighted by atomic mass is 10.0. The normalized spacial score (nSPS) is 22.0. The first-order valence-electron chi connectivity index (χ1n) is 8.12. The molecule has 0 aliphatic carbocycles. The fourth-order valence-electron chi connectivity index (χ4n) is 3.01. The Morgan fingerprint density at radius 1 is 0.955 bits per heavy atom. The van der Waals surface area contributed by atoms with E-state index in [0.29, 0.717) is 6.61 Å². The number of ether oxygens (including phenoxy) is 2. The second-order valence-electron chi connectivity index (χ2n) is 6.27. The molecule has 0 spiro atoms. The monoisotopic (exact) mass is 312 g/mol. The van der Waals surface area contributed by atoms with Gasteiger partial charge in [0.15, 0.2) is 0 Å². The van der Waals surface area contributed by atoms with Gasteiger partial charge < -0.3 is 9.47 Å². The molecule has 0 saturated carbocycles. The summed E-state index contributed by atoms with van der Waals surface area (Å²) in [7, 11) is 1.01. The van der Waals surface area contributed by atoms with E-state index in [1.807, 2.05) is 12.1 Å². The van der Waals surface area contributed by atoms with Crippen LogP contribution in [0.1, 0.15) is 36.5 Å². The number of hydrogen-bond donors (Lipinski definition) is 0. The Bertz CT molecular complexity index is 525. The van der Waals surface area contributed by atoms with Crippen LogP contribution in [-0.4, -0.2) is 28.7 Å². The van der Waals surface area contributed by atoms with Crippen LogP contribution in [0, 0.1) is 0 Å². The highest BCUT2D eigenvalue weighted by atomic mass is 28.1. The van der Waals surface area contributed by atoms with Gasteiger partial charge in [-0.05, 0) is 30.4 Å². The number of benzene rings is 2. The van der Waals surface area contributed by atoms with Crippen LogP contribution in [0.2, 0.25) is 0 Å². The molecule has 3 rings (SSSR count). The highest BCUT2D eigenvalue weighted by Gasteiger charge is 2.29. The van der Waals surface area contributed by atoms with Crippen LogP contribution >= 0.6 is 0 Å². The zero-order valence-corrected chi connectivity index (χ0v) is 15.2. The summed E-state index contributed by atoms with van der Waals surface area (Å²) in [5.74, 6) is 0. The van der Waals surface area contributed by atoms with E-state index in [1.165, 1.54) is 24.0 Å². The molecule has 0 N–H and O–H groups in total. The molecule has 2 nitrogen and oxygen atoms in total. The van der Waals surface area contributed by atoms with E-state index in [2.05, 4.69) is 48.5 Å². The Balaban J connectivity index is 1.77. The lowest BCUT2D eigenvalue weighted by Gasteiger charge is -2.35. The van der Waals surface area contributed by atoms with Crippen molar-refractivity contribution in [3.05, 3.63) is 71.8 Å². The second kappa shape index (κ2) is 7.23. The van der Waals surface area contributed by atoms with Crippen molar-refractivity contribution >= 4 is 10.2 Å². The Morgan fingerprint density at radius 3 is 2.05 bits per heavy atom. The second-order valence-corrected chi connectivity index (χ2v) is 8.09. The van der Waals surface area contributed by atoms with Crippen LogP contribution in [0.25, 0.3) is 0 Å². The van der Waals surface area contributed by atoms with Crippen molar-refractivity contribution < 1.29 is 9.47 Å². The molecular formula is C19H24O2Si. The van der Waals surface area contributed by atoms with Gasteiger partial charge in [0, 0.05) is 16.8 Å². The molecule has 1 heterocycles. The Labute approximate surface area is 135 Å². The third kappa shape index (κ3) is 3.86. The molecule has 22 heavy (non-hydrogen) atoms. The van der Waals surface area contributed by atoms with E-state index in [-0.39, 0.29) is 11.3 Å². The molecule has 1 fully saturated rings. The first kappa shape index (κ1) is 15.5. The molecule has 1 unspecified atom stereocenters. The van der Waals surface area contributed by atoms with Gasteiger partial charge in [-0.3, -0.25) is 0 Å². The van der Waals surface area contributed by atoms with Crippen LogP contribution < -0.4 is 0 Å². The maximum atomic E-state index is 6.37. The third-order valence-electron chi connectivity index (χ3n) is 4.31. The average Bonchev–Trinajstić information content (AvgIpc) is 2.58. The summed E-state index contributed by atoms with van der Waals surface area (Å²) in [6, 6.07) is 20.9. The molecule has 1 aliphatic rings. The summed E-state index contributed by atoms with van der Waals surface area (Å²) in [4.78, 5) is 0. The molecule has 116 valence electrons. The summed E-state index contributed by atoms with van der Waals surface area (Å²) in [6.07, 6.45) is 3.56. The molecular weight excluding hydrogens is 288 g/mol. The highest BCUT2D eigenvalue weighted by molar-refractivity contribution is 6.14. The minimum atomic E-state index is -0.0150. The van der Waals surface area contributed by atoms with Gasteiger partial charge in [-0.2, -0.15) is 0 Å². The van der Waals surface area contributed by atoms with Crippen molar-refractivity contribution in [2.24, 2.45) is 0 Å². The summed E-state index contributed by atoms with van der Waals surface area (Å²) in [5.41, 5.74) is 2.41. The Hall–Kier alpha value is -1.42. The van der Waals surface area contributed by atoms with Crippen LogP contribution in [0.15, 0.2) is 60.7 Å². The molecule has 0 bridgehead atoms. The topological polar surface area (TPSA) is 18.5 Å². The van der Waals surface area contributed by atoms with Gasteiger partial charge in [0.05, 0.1) is 11.8 Å². The zero-order valence-electron chi connectivity index (χ0n) is 13.2. The Morgan fingerprint density at radius 2 is 1.55 bits per heavy atom. The quantitative estimate of drug-likeness (QED) is 0.790. The van der Waals surface area contributed by atoms with Gasteiger partial charge in [0.1, 0.15) is 6.10 Å². The van der Waals surface area contributed by atoms with Crippen molar-refractivity contribution in [3.63, 3.8) is 0 Å². The first-order valence-corrected chi connectivity index (χ1v) is 9.12. The molecule has 1 saturated heterocycles. The lowest BCUT2D eigenvalue weighted by molar-refractivity contribution is -0.0824. The van der Waals surface area contributed by atoms with Gasteiger partial charge in [-0.15, -0.1) is 0 Å². The van der Waals surface area contributed by atoms with Crippen LogP contribution in [-0.2, 0) is 9.47 Å². The molecule has 1 atom stereocenters. The molecule has 1 aliphatic heterocycles. The van der Waals surface area contributed by atoms with Crippen molar-refractivity contribution in [2.75, 3.05) is 13.2 Å². The molecule has 0 amide bonds. The van der Waals surface area contributed by atoms with E-state index < -0.39 is 0 Å². The Kier molecular flexibility index (Phi) is 5.08. The molecule has 2 aromatic carbocycles. The minimum absolute atomic E-state index is 0.0138. The van der Waals surface area contributed by atoms with E-state index >= 15 is 0 Å². The SMILES string of the molecule is [SiH3]C1(COC(c2ccccc2)c2ccccc2)CCCCO1. The maximum absolute atomic E-state index is 6.37. The van der Waals surface area contributed by atoms with E-state index in [1.54, 1.807) is 0 Å². The van der Waals surface area contributed by atoms with Gasteiger partial charge >= 0.3 is 0 Å². The molecule has 3 heteroatoms. The predicted octanol–water partition coefficient (Wildman–Crippen LogP) is 3.05.